The van der Waals surface area contributed by atoms with Crippen LogP contribution in [0.5, 0.6) is 0 Å². The summed E-state index contributed by atoms with van der Waals surface area (Å²) in [4.78, 5) is 27.7. The number of ketones is 1. The van der Waals surface area contributed by atoms with Crippen molar-refractivity contribution in [1.29, 1.82) is 0 Å². The number of amides is 1. The van der Waals surface area contributed by atoms with E-state index in [2.05, 4.69) is 34.6 Å². The highest BCUT2D eigenvalue weighted by Crippen LogP contribution is 2.26. The number of benzene rings is 2. The predicted octanol–water partition coefficient (Wildman–Crippen LogP) is 4.54. The molecule has 1 heterocycles. The Kier molecular flexibility index (Phi) is 5.79. The number of nitrogens with one attached hydrogen (secondary N) is 2. The molecule has 3 aromatic rings. The highest BCUT2D eigenvalue weighted by molar-refractivity contribution is 5.85. The Hall–Kier alpha value is -2.88. The second-order valence-electron chi connectivity index (χ2n) is 8.12. The molecule has 1 amide bonds. The lowest BCUT2D eigenvalue weighted by Gasteiger charge is -2.14. The zero-order valence-electron chi connectivity index (χ0n) is 16.9. The van der Waals surface area contributed by atoms with Gasteiger partial charge in [0.05, 0.1) is 5.92 Å². The summed E-state index contributed by atoms with van der Waals surface area (Å²) in [7, 11) is 0. The maximum atomic E-state index is 12.6. The standard InChI is InChI=1S/C25H28N2O2/c1-17(19-11-9-18(10-12-19)15-20-5-4-8-24(20)28)25(29)26-14-13-21-16-27-23-7-3-2-6-22(21)23/h2-3,6-7,9-12,16-17,20,27H,4-5,8,13-15H2,1H3,(H,26,29)/t17-,20-/m1/s1. The van der Waals surface area contributed by atoms with E-state index < -0.39 is 0 Å². The summed E-state index contributed by atoms with van der Waals surface area (Å²) in [5.41, 5.74) is 4.54. The van der Waals surface area contributed by atoms with Gasteiger partial charge in [-0.1, -0.05) is 42.5 Å². The molecule has 1 fully saturated rings. The van der Waals surface area contributed by atoms with Gasteiger partial charge in [0, 0.05) is 36.0 Å². The largest absolute Gasteiger partial charge is 0.361 e. The molecule has 2 atom stereocenters. The van der Waals surface area contributed by atoms with E-state index in [1.165, 1.54) is 16.5 Å². The van der Waals surface area contributed by atoms with E-state index >= 15 is 0 Å². The van der Waals surface area contributed by atoms with E-state index in [1.807, 2.05) is 37.4 Å². The molecule has 1 saturated carbocycles. The van der Waals surface area contributed by atoms with Crippen molar-refractivity contribution in [2.75, 3.05) is 6.54 Å². The molecular formula is C25H28N2O2. The monoisotopic (exact) mass is 388 g/mol. The molecule has 2 aromatic carbocycles. The molecule has 29 heavy (non-hydrogen) atoms. The van der Waals surface area contributed by atoms with Gasteiger partial charge in [-0.05, 0) is 55.4 Å². The van der Waals surface area contributed by atoms with E-state index in [4.69, 9.17) is 0 Å². The molecule has 1 aromatic heterocycles. The first-order chi connectivity index (χ1) is 14.1. The number of hydrogen-bond donors (Lipinski definition) is 2. The third-order valence-corrected chi connectivity index (χ3v) is 6.15. The summed E-state index contributed by atoms with van der Waals surface area (Å²) in [6, 6.07) is 16.4. The van der Waals surface area contributed by atoms with Crippen LogP contribution in [-0.2, 0) is 22.4 Å². The molecule has 4 heteroatoms. The molecule has 0 saturated heterocycles. The molecular weight excluding hydrogens is 360 g/mol. The van der Waals surface area contributed by atoms with Crippen molar-refractivity contribution in [3.63, 3.8) is 0 Å². The zero-order valence-corrected chi connectivity index (χ0v) is 16.9. The molecule has 1 aliphatic rings. The van der Waals surface area contributed by atoms with Gasteiger partial charge in [0.25, 0.3) is 0 Å². The zero-order chi connectivity index (χ0) is 20.2. The van der Waals surface area contributed by atoms with Crippen LogP contribution in [0.25, 0.3) is 10.9 Å². The van der Waals surface area contributed by atoms with Crippen LogP contribution in [0.4, 0.5) is 0 Å². The Morgan fingerprint density at radius 2 is 1.97 bits per heavy atom. The van der Waals surface area contributed by atoms with Crippen LogP contribution in [0.2, 0.25) is 0 Å². The Bertz CT molecular complexity index is 1000. The quantitative estimate of drug-likeness (QED) is 0.624. The summed E-state index contributed by atoms with van der Waals surface area (Å²) >= 11 is 0. The minimum absolute atomic E-state index is 0.0450. The first-order valence-electron chi connectivity index (χ1n) is 10.6. The van der Waals surface area contributed by atoms with Crippen molar-refractivity contribution in [1.82, 2.24) is 10.3 Å². The van der Waals surface area contributed by atoms with E-state index in [0.29, 0.717) is 12.3 Å². The third-order valence-electron chi connectivity index (χ3n) is 6.15. The Labute approximate surface area is 171 Å². The van der Waals surface area contributed by atoms with Gasteiger partial charge in [-0.15, -0.1) is 0 Å². The van der Waals surface area contributed by atoms with E-state index in [0.717, 1.165) is 43.2 Å². The second kappa shape index (κ2) is 8.64. The smallest absolute Gasteiger partial charge is 0.227 e. The van der Waals surface area contributed by atoms with E-state index in [1.54, 1.807) is 0 Å². The fraction of sp³-hybridized carbons (Fsp3) is 0.360. The van der Waals surface area contributed by atoms with Crippen molar-refractivity contribution >= 4 is 22.6 Å². The van der Waals surface area contributed by atoms with E-state index in [9.17, 15) is 9.59 Å². The molecule has 2 N–H and O–H groups in total. The van der Waals surface area contributed by atoms with Gasteiger partial charge >= 0.3 is 0 Å². The molecule has 0 unspecified atom stereocenters. The number of fused-ring (bicyclic) bond motifs is 1. The number of carbonyl (C=O) groups excluding carboxylic acids is 2. The maximum absolute atomic E-state index is 12.6. The average Bonchev–Trinajstić information content (AvgIpc) is 3.34. The molecule has 150 valence electrons. The number of aromatic nitrogens is 1. The lowest BCUT2D eigenvalue weighted by Crippen LogP contribution is -2.29. The van der Waals surface area contributed by atoms with Gasteiger partial charge < -0.3 is 10.3 Å². The van der Waals surface area contributed by atoms with Crippen LogP contribution in [0, 0.1) is 5.92 Å². The number of rotatable bonds is 7. The first kappa shape index (κ1) is 19.4. The second-order valence-corrected chi connectivity index (χ2v) is 8.12. The molecule has 0 bridgehead atoms. The Morgan fingerprint density at radius 3 is 2.72 bits per heavy atom. The molecule has 0 spiro atoms. The number of Topliss-reactive ketones (excluding diaryl/α,β-unsaturated/α-hetero) is 1. The van der Waals surface area contributed by atoms with Crippen molar-refractivity contribution < 1.29 is 9.59 Å². The SMILES string of the molecule is C[C@@H](C(=O)NCCc1c[nH]c2ccccc12)c1ccc(C[C@H]2CCCC2=O)cc1. The lowest BCUT2D eigenvalue weighted by atomic mass is 9.94. The molecule has 0 radical (unpaired) electrons. The van der Waals surface area contributed by atoms with Gasteiger partial charge in [-0.2, -0.15) is 0 Å². The topological polar surface area (TPSA) is 62.0 Å². The fourth-order valence-corrected chi connectivity index (χ4v) is 4.29. The molecule has 4 nitrogen and oxygen atoms in total. The number of hydrogen-bond acceptors (Lipinski definition) is 2. The molecule has 4 rings (SSSR count). The summed E-state index contributed by atoms with van der Waals surface area (Å²) < 4.78 is 0. The number of H-pyrrole nitrogens is 1. The average molecular weight is 389 g/mol. The van der Waals surface area contributed by atoms with E-state index in [-0.39, 0.29) is 17.7 Å². The Balaban J connectivity index is 1.30. The van der Waals surface area contributed by atoms with Gasteiger partial charge in [0.15, 0.2) is 0 Å². The lowest BCUT2D eigenvalue weighted by molar-refractivity contribution is -0.122. The Morgan fingerprint density at radius 1 is 1.17 bits per heavy atom. The minimum atomic E-state index is -0.194. The normalized spacial score (nSPS) is 17.6. The minimum Gasteiger partial charge on any atom is -0.361 e. The summed E-state index contributed by atoms with van der Waals surface area (Å²) in [5.74, 6) is 0.437. The van der Waals surface area contributed by atoms with Crippen LogP contribution in [-0.4, -0.2) is 23.2 Å². The number of para-hydroxylation sites is 1. The van der Waals surface area contributed by atoms with Gasteiger partial charge in [0.2, 0.25) is 5.91 Å². The van der Waals surface area contributed by atoms with Gasteiger partial charge in [-0.3, -0.25) is 9.59 Å². The third kappa shape index (κ3) is 4.42. The summed E-state index contributed by atoms with van der Waals surface area (Å²) in [6.45, 7) is 2.56. The van der Waals surface area contributed by atoms with Crippen LogP contribution >= 0.6 is 0 Å². The summed E-state index contributed by atoms with van der Waals surface area (Å²) in [6.07, 6.45) is 6.42. The van der Waals surface area contributed by atoms with Gasteiger partial charge in [0.1, 0.15) is 5.78 Å². The number of carbonyl (C=O) groups is 2. The van der Waals surface area contributed by atoms with Crippen LogP contribution < -0.4 is 5.32 Å². The predicted molar refractivity (Wildman–Crippen MR) is 116 cm³/mol. The van der Waals surface area contributed by atoms with Crippen molar-refractivity contribution in [3.8, 4) is 0 Å². The highest BCUT2D eigenvalue weighted by atomic mass is 16.1. The van der Waals surface area contributed by atoms with Crippen molar-refractivity contribution in [3.05, 3.63) is 71.4 Å². The highest BCUT2D eigenvalue weighted by Gasteiger charge is 2.24. The fourth-order valence-electron chi connectivity index (χ4n) is 4.29. The van der Waals surface area contributed by atoms with Crippen LogP contribution in [0.15, 0.2) is 54.7 Å². The van der Waals surface area contributed by atoms with Gasteiger partial charge in [-0.25, -0.2) is 0 Å². The maximum Gasteiger partial charge on any atom is 0.227 e. The molecule has 0 aliphatic heterocycles. The first-order valence-corrected chi connectivity index (χ1v) is 10.6. The van der Waals surface area contributed by atoms with Crippen LogP contribution in [0.1, 0.15) is 48.8 Å². The van der Waals surface area contributed by atoms with Crippen molar-refractivity contribution in [2.45, 2.75) is 44.9 Å². The van der Waals surface area contributed by atoms with Crippen molar-refractivity contribution in [2.24, 2.45) is 5.92 Å². The molecule has 1 aliphatic carbocycles. The summed E-state index contributed by atoms with van der Waals surface area (Å²) in [5, 5.41) is 4.28. The van der Waals surface area contributed by atoms with Crippen LogP contribution in [0.3, 0.4) is 0 Å². The number of aromatic amines is 1.